The molecule has 0 spiro atoms. The molecule has 1 amide bonds. The van der Waals surface area contributed by atoms with E-state index >= 15 is 0 Å². The molecule has 0 radical (unpaired) electrons. The first-order chi connectivity index (χ1) is 14.5. The van der Waals surface area contributed by atoms with E-state index in [9.17, 15) is 14.4 Å². The molecular formula is C17H16N6O5S2. The fourth-order valence-corrected chi connectivity index (χ4v) is 3.79. The number of ketones is 1. The van der Waals surface area contributed by atoms with Crippen LogP contribution in [0.1, 0.15) is 12.0 Å². The maximum absolute atomic E-state index is 12.6. The molecule has 0 saturated heterocycles. The average Bonchev–Trinajstić information content (AvgIpc) is 3.39. The zero-order valence-corrected chi connectivity index (χ0v) is 17.0. The van der Waals surface area contributed by atoms with Gasteiger partial charge in [-0.3, -0.25) is 9.59 Å². The molecule has 3 aromatic rings. The van der Waals surface area contributed by atoms with Crippen molar-refractivity contribution in [3.63, 3.8) is 0 Å². The summed E-state index contributed by atoms with van der Waals surface area (Å²) in [5.74, 6) is -1.83. The van der Waals surface area contributed by atoms with Crippen molar-refractivity contribution in [2.45, 2.75) is 35.1 Å². The molecular weight excluding hydrogens is 432 g/mol. The lowest BCUT2D eigenvalue weighted by Crippen LogP contribution is -2.44. The van der Waals surface area contributed by atoms with Gasteiger partial charge >= 0.3 is 12.1 Å². The van der Waals surface area contributed by atoms with E-state index in [2.05, 4.69) is 25.8 Å². The Kier molecular flexibility index (Phi) is 7.45. The summed E-state index contributed by atoms with van der Waals surface area (Å²) >= 11 is 2.55. The van der Waals surface area contributed by atoms with E-state index in [-0.39, 0.29) is 13.2 Å². The first kappa shape index (κ1) is 21.4. The number of tetrazole rings is 1. The van der Waals surface area contributed by atoms with Crippen LogP contribution in [0.5, 0.6) is 0 Å². The molecule has 1 unspecified atom stereocenters. The minimum atomic E-state index is -1.30. The maximum atomic E-state index is 12.6. The number of rotatable bonds is 10. The second-order valence-electron chi connectivity index (χ2n) is 5.84. The van der Waals surface area contributed by atoms with Crippen LogP contribution in [-0.4, -0.2) is 54.2 Å². The summed E-state index contributed by atoms with van der Waals surface area (Å²) in [6.45, 7) is -0.333. The molecule has 0 fully saturated rings. The highest BCUT2D eigenvalue weighted by Crippen LogP contribution is 2.26. The standard InChI is InChI=1S/C17H16N6O5S2/c24-13(9-23-15(20-21-22-23)30-17-18-6-7-29-17)12(8-14(25)26)19-16(27)28-10-11-4-2-1-3-5-11/h1-7,12H,8-10H2,(H,19,27)(H,25,26). The fourth-order valence-electron chi connectivity index (χ4n) is 2.29. The molecule has 0 aliphatic heterocycles. The molecule has 13 heteroatoms. The number of aliphatic carboxylic acids is 1. The van der Waals surface area contributed by atoms with Gasteiger partial charge in [-0.05, 0) is 27.8 Å². The summed E-state index contributed by atoms with van der Waals surface area (Å²) < 4.78 is 6.97. The third-order valence-corrected chi connectivity index (χ3v) is 5.52. The summed E-state index contributed by atoms with van der Waals surface area (Å²) in [6.07, 6.45) is 0.129. The van der Waals surface area contributed by atoms with Crippen molar-refractivity contribution in [2.75, 3.05) is 0 Å². The number of benzene rings is 1. The monoisotopic (exact) mass is 448 g/mol. The molecule has 11 nitrogen and oxygen atoms in total. The van der Waals surface area contributed by atoms with Gasteiger partial charge in [0, 0.05) is 11.6 Å². The molecule has 30 heavy (non-hydrogen) atoms. The first-order valence-electron chi connectivity index (χ1n) is 8.56. The van der Waals surface area contributed by atoms with E-state index in [1.165, 1.54) is 27.8 Å². The van der Waals surface area contributed by atoms with Gasteiger partial charge in [0.25, 0.3) is 0 Å². The molecule has 1 atom stereocenters. The molecule has 2 N–H and O–H groups in total. The summed E-state index contributed by atoms with van der Waals surface area (Å²) in [6, 6.07) is 7.65. The summed E-state index contributed by atoms with van der Waals surface area (Å²) in [5, 5.41) is 24.6. The van der Waals surface area contributed by atoms with E-state index in [4.69, 9.17) is 9.84 Å². The number of alkyl carbamates (subject to hydrolysis) is 1. The summed E-state index contributed by atoms with van der Waals surface area (Å²) in [7, 11) is 0. The van der Waals surface area contributed by atoms with Gasteiger partial charge in [-0.2, -0.15) is 0 Å². The Balaban J connectivity index is 1.60. The molecule has 2 heterocycles. The molecule has 0 aliphatic carbocycles. The first-order valence-corrected chi connectivity index (χ1v) is 10.3. The Morgan fingerprint density at radius 1 is 1.27 bits per heavy atom. The molecule has 156 valence electrons. The van der Waals surface area contributed by atoms with Crippen LogP contribution in [0, 0.1) is 0 Å². The number of carbonyl (C=O) groups excluding carboxylic acids is 2. The van der Waals surface area contributed by atoms with Crippen molar-refractivity contribution in [1.82, 2.24) is 30.5 Å². The highest BCUT2D eigenvalue weighted by atomic mass is 32.2. The third-order valence-electron chi connectivity index (χ3n) is 3.67. The van der Waals surface area contributed by atoms with Gasteiger partial charge in [-0.15, -0.1) is 16.4 Å². The van der Waals surface area contributed by atoms with Crippen LogP contribution < -0.4 is 5.32 Å². The Morgan fingerprint density at radius 3 is 2.77 bits per heavy atom. The quantitative estimate of drug-likeness (QED) is 0.468. The lowest BCUT2D eigenvalue weighted by atomic mass is 10.1. The topological polar surface area (TPSA) is 149 Å². The Morgan fingerprint density at radius 2 is 2.07 bits per heavy atom. The number of amides is 1. The molecule has 0 bridgehead atoms. The van der Waals surface area contributed by atoms with Crippen LogP contribution in [-0.2, 0) is 27.5 Å². The van der Waals surface area contributed by atoms with Crippen LogP contribution in [0.25, 0.3) is 0 Å². The van der Waals surface area contributed by atoms with Crippen LogP contribution >= 0.6 is 23.1 Å². The number of hydrogen-bond donors (Lipinski definition) is 2. The van der Waals surface area contributed by atoms with Crippen molar-refractivity contribution in [3.05, 3.63) is 47.5 Å². The number of carboxylic acids is 1. The number of aromatic nitrogens is 5. The largest absolute Gasteiger partial charge is 0.481 e. The number of carbonyl (C=O) groups is 3. The summed E-state index contributed by atoms with van der Waals surface area (Å²) in [5.41, 5.74) is 0.756. The minimum Gasteiger partial charge on any atom is -0.481 e. The SMILES string of the molecule is O=C(O)CC(NC(=O)OCc1ccccc1)C(=O)Cn1nnnc1Sc1nccs1. The predicted octanol–water partition coefficient (Wildman–Crippen LogP) is 1.62. The van der Waals surface area contributed by atoms with Gasteiger partial charge < -0.3 is 15.2 Å². The summed E-state index contributed by atoms with van der Waals surface area (Å²) in [4.78, 5) is 40.0. The number of hydrogen-bond acceptors (Lipinski definition) is 10. The van der Waals surface area contributed by atoms with E-state index in [0.717, 1.165) is 5.56 Å². The van der Waals surface area contributed by atoms with Crippen molar-refractivity contribution >= 4 is 40.9 Å². The van der Waals surface area contributed by atoms with E-state index in [1.807, 2.05) is 6.07 Å². The van der Waals surface area contributed by atoms with Gasteiger partial charge in [0.05, 0.1) is 6.42 Å². The number of nitrogens with one attached hydrogen (secondary N) is 1. The molecule has 2 aromatic heterocycles. The number of carboxylic acid groups (broad SMARTS) is 1. The van der Waals surface area contributed by atoms with Crippen LogP contribution in [0.4, 0.5) is 4.79 Å². The van der Waals surface area contributed by atoms with Crippen LogP contribution in [0.2, 0.25) is 0 Å². The van der Waals surface area contributed by atoms with Crippen LogP contribution in [0.15, 0.2) is 51.4 Å². The molecule has 1 aromatic carbocycles. The zero-order chi connectivity index (χ0) is 21.3. The van der Waals surface area contributed by atoms with Gasteiger partial charge in [-0.25, -0.2) is 14.5 Å². The molecule has 0 saturated carbocycles. The Labute approximate surface area is 178 Å². The zero-order valence-electron chi connectivity index (χ0n) is 15.4. The van der Waals surface area contributed by atoms with Crippen molar-refractivity contribution in [1.29, 1.82) is 0 Å². The fraction of sp³-hybridized carbons (Fsp3) is 0.235. The number of Topliss-reactive ketones (excluding diaryl/α,β-unsaturated/α-hetero) is 1. The maximum Gasteiger partial charge on any atom is 0.408 e. The second kappa shape index (κ2) is 10.5. The number of nitrogens with zero attached hydrogens (tertiary/aromatic N) is 5. The van der Waals surface area contributed by atoms with Crippen molar-refractivity contribution in [3.8, 4) is 0 Å². The van der Waals surface area contributed by atoms with Gasteiger partial charge in [0.15, 0.2) is 10.1 Å². The third kappa shape index (κ3) is 6.35. The Hall–Kier alpha value is -3.32. The van der Waals surface area contributed by atoms with Crippen molar-refractivity contribution in [2.24, 2.45) is 0 Å². The molecule has 3 rings (SSSR count). The lowest BCUT2D eigenvalue weighted by Gasteiger charge is -2.16. The van der Waals surface area contributed by atoms with Gasteiger partial charge in [-0.1, -0.05) is 30.3 Å². The molecule has 0 aliphatic rings. The normalized spacial score (nSPS) is 11.6. The average molecular weight is 448 g/mol. The number of thiazole rings is 1. The minimum absolute atomic E-state index is 0.0117. The number of ether oxygens (including phenoxy) is 1. The van der Waals surface area contributed by atoms with Crippen molar-refractivity contribution < 1.29 is 24.2 Å². The predicted molar refractivity (Wildman–Crippen MR) is 105 cm³/mol. The van der Waals surface area contributed by atoms with E-state index in [1.54, 1.807) is 35.8 Å². The highest BCUT2D eigenvalue weighted by molar-refractivity contribution is 8.00. The smallest absolute Gasteiger partial charge is 0.408 e. The van der Waals surface area contributed by atoms with E-state index in [0.29, 0.717) is 9.50 Å². The lowest BCUT2D eigenvalue weighted by molar-refractivity contribution is -0.139. The van der Waals surface area contributed by atoms with Gasteiger partial charge in [0.2, 0.25) is 5.16 Å². The Bertz CT molecular complexity index is 995. The van der Waals surface area contributed by atoms with E-state index < -0.39 is 30.3 Å². The highest BCUT2D eigenvalue weighted by Gasteiger charge is 2.26. The van der Waals surface area contributed by atoms with Crippen LogP contribution in [0.3, 0.4) is 0 Å². The van der Waals surface area contributed by atoms with Gasteiger partial charge in [0.1, 0.15) is 19.2 Å². The second-order valence-corrected chi connectivity index (χ2v) is 7.95.